The molecule has 3 amide bonds. The third-order valence-corrected chi connectivity index (χ3v) is 8.74. The van der Waals surface area contributed by atoms with Crippen molar-refractivity contribution in [1.82, 2.24) is 20.5 Å². The van der Waals surface area contributed by atoms with Gasteiger partial charge >= 0.3 is 5.97 Å². The first-order chi connectivity index (χ1) is 20.2. The Hall–Kier alpha value is -3.70. The number of ether oxygens (including phenoxy) is 1. The molecular weight excluding hydrogens is 666 g/mol. The number of likely N-dealkylation sites (N-methyl/N-ethyl adjacent to an activating group) is 1. The number of thioether (sulfide) groups is 1. The predicted octanol–water partition coefficient (Wildman–Crippen LogP) is -2.76. The van der Waals surface area contributed by atoms with Gasteiger partial charge in [-0.25, -0.2) is 9.78 Å². The molecule has 2 aliphatic heterocycles. The van der Waals surface area contributed by atoms with Crippen LogP contribution in [0.2, 0.25) is 0 Å². The number of nitrogens with two attached hydrogens (primary N) is 1. The normalized spacial score (nSPS) is 20.0. The fraction of sp³-hybridized carbons (Fsp3) is 0.423. The van der Waals surface area contributed by atoms with Gasteiger partial charge in [0.1, 0.15) is 36.2 Å². The number of fused-ring (bicyclic) bond motifs is 1. The molecule has 14 nitrogen and oxygen atoms in total. The van der Waals surface area contributed by atoms with Crippen LogP contribution in [0.4, 0.5) is 5.13 Å². The second kappa shape index (κ2) is 14.2. The molecule has 2 fully saturated rings. The lowest BCUT2D eigenvalue weighted by Crippen LogP contribution is -3.00. The highest BCUT2D eigenvalue weighted by Gasteiger charge is 2.55. The smallest absolute Gasteiger partial charge is 0.356 e. The van der Waals surface area contributed by atoms with Gasteiger partial charge in [-0.1, -0.05) is 5.16 Å². The van der Waals surface area contributed by atoms with Gasteiger partial charge in [0.25, 0.3) is 17.7 Å². The molecule has 5 N–H and O–H groups in total. The summed E-state index contributed by atoms with van der Waals surface area (Å²) < 4.78 is 7.52. The van der Waals surface area contributed by atoms with E-state index in [0.29, 0.717) is 0 Å². The third kappa shape index (κ3) is 7.27. The molecule has 0 radical (unpaired) electrons. The van der Waals surface area contributed by atoms with Crippen molar-refractivity contribution in [3.63, 3.8) is 0 Å². The lowest BCUT2D eigenvalue weighted by Gasteiger charge is -2.49. The largest absolute Gasteiger partial charge is 1.00 e. The minimum atomic E-state index is -1.31. The Morgan fingerprint density at radius 3 is 2.65 bits per heavy atom. The number of aliphatic carboxylic acids is 1. The number of nitrogen functional groups attached to an aromatic ring is 1. The van der Waals surface area contributed by atoms with Crippen molar-refractivity contribution >= 4 is 57.6 Å². The molecule has 1 saturated heterocycles. The van der Waals surface area contributed by atoms with Crippen LogP contribution in [0.1, 0.15) is 31.4 Å². The fourth-order valence-electron chi connectivity index (χ4n) is 4.84. The monoisotopic (exact) mass is 695 g/mol. The maximum Gasteiger partial charge on any atom is 0.356 e. The lowest BCUT2D eigenvalue weighted by atomic mass is 9.92. The number of pyridine rings is 1. The highest BCUT2D eigenvalue weighted by atomic mass is 79.9. The van der Waals surface area contributed by atoms with E-state index in [0.717, 1.165) is 46.8 Å². The van der Waals surface area contributed by atoms with E-state index in [1.807, 2.05) is 0 Å². The SMILES string of the molecule is CNC(=O)C[n+]1ccc(SCC2=C(C(=O)O)N3C(=O)[C@@H](NC(=O)/C(=N\OC4CCCC4)c4csc(N)n4)[C@H]3CO2)cc1.[Br-]. The van der Waals surface area contributed by atoms with Gasteiger partial charge in [-0.15, -0.1) is 23.1 Å². The molecule has 17 heteroatoms. The van der Waals surface area contributed by atoms with E-state index in [4.69, 9.17) is 15.3 Å². The number of rotatable bonds is 11. The van der Waals surface area contributed by atoms with Gasteiger partial charge in [0.15, 0.2) is 28.9 Å². The first-order valence-corrected chi connectivity index (χ1v) is 15.1. The lowest BCUT2D eigenvalue weighted by molar-refractivity contribution is -0.684. The Bertz CT molecular complexity index is 1440. The molecule has 0 spiro atoms. The Morgan fingerprint density at radius 1 is 1.30 bits per heavy atom. The number of carbonyl (C=O) groups excluding carboxylic acids is 3. The van der Waals surface area contributed by atoms with E-state index in [1.165, 1.54) is 11.8 Å². The standard InChI is InChI=1S/C26H29N7O7S2.BrH/c1-28-19(34)10-32-8-6-15(7-9-32)41-13-18-22(25(37)38)33-17(11-39-18)21(24(33)36)30-23(35)20(16-12-42-26(27)29-16)31-40-14-4-2-3-5-14;/h6-9,12,14,17,21H,2-5,10-11,13H2,1H3,(H4-,27,28,29,30,34,35,37,38);1H/b31-20-;/t17-,21+;/m1./s1. The average Bonchev–Trinajstić information content (AvgIpc) is 3.67. The minimum Gasteiger partial charge on any atom is -1.00 e. The number of nitrogens with zero attached hydrogens (tertiary/aromatic N) is 4. The van der Waals surface area contributed by atoms with Crippen LogP contribution in [0.15, 0.2) is 51.4 Å². The zero-order valence-electron chi connectivity index (χ0n) is 23.0. The van der Waals surface area contributed by atoms with Gasteiger partial charge in [0.2, 0.25) is 6.54 Å². The maximum absolute atomic E-state index is 13.3. The second-order valence-corrected chi connectivity index (χ2v) is 11.7. The number of aromatic nitrogens is 2. The molecule has 0 bridgehead atoms. The predicted molar refractivity (Wildman–Crippen MR) is 151 cm³/mol. The number of carbonyl (C=O) groups is 4. The number of hydrogen-bond acceptors (Lipinski definition) is 11. The van der Waals surface area contributed by atoms with Gasteiger partial charge in [0, 0.05) is 29.5 Å². The van der Waals surface area contributed by atoms with E-state index < -0.39 is 29.9 Å². The summed E-state index contributed by atoms with van der Waals surface area (Å²) in [5.41, 5.74) is 5.61. The molecular formula is C26H30BrN7O7S2. The Morgan fingerprint density at radius 2 is 2.02 bits per heavy atom. The average molecular weight is 697 g/mol. The van der Waals surface area contributed by atoms with Gasteiger partial charge in [-0.3, -0.25) is 19.3 Å². The van der Waals surface area contributed by atoms with E-state index in [1.54, 1.807) is 41.5 Å². The molecule has 0 aromatic carbocycles. The van der Waals surface area contributed by atoms with Gasteiger partial charge < -0.3 is 48.0 Å². The highest BCUT2D eigenvalue weighted by molar-refractivity contribution is 7.99. The molecule has 4 heterocycles. The van der Waals surface area contributed by atoms with Crippen molar-refractivity contribution in [2.24, 2.45) is 5.16 Å². The summed E-state index contributed by atoms with van der Waals surface area (Å²) in [4.78, 5) is 61.9. The number of thiazole rings is 1. The second-order valence-electron chi connectivity index (χ2n) is 9.81. The highest BCUT2D eigenvalue weighted by Crippen LogP contribution is 2.35. The molecule has 2 aromatic heterocycles. The van der Waals surface area contributed by atoms with Gasteiger partial charge in [-0.2, -0.15) is 4.57 Å². The van der Waals surface area contributed by atoms with Crippen LogP contribution in [-0.4, -0.2) is 82.0 Å². The summed E-state index contributed by atoms with van der Waals surface area (Å²) in [6.45, 7) is 0.173. The number of β-lactam (4-membered cyclic amide) rings is 1. The summed E-state index contributed by atoms with van der Waals surface area (Å²) in [6.07, 6.45) is 7.08. The van der Waals surface area contributed by atoms with Crippen LogP contribution in [-0.2, 0) is 35.3 Å². The Kier molecular flexibility index (Phi) is 10.6. The van der Waals surface area contributed by atoms with Crippen molar-refractivity contribution < 1.29 is 55.4 Å². The zero-order chi connectivity index (χ0) is 29.8. The summed E-state index contributed by atoms with van der Waals surface area (Å²) >= 11 is 2.47. The van der Waals surface area contributed by atoms with Crippen molar-refractivity contribution in [2.75, 3.05) is 25.1 Å². The molecule has 5 rings (SSSR count). The number of halogens is 1. The van der Waals surface area contributed by atoms with E-state index in [2.05, 4.69) is 20.8 Å². The van der Waals surface area contributed by atoms with Crippen LogP contribution in [0.5, 0.6) is 0 Å². The van der Waals surface area contributed by atoms with Crippen LogP contribution < -0.4 is 37.9 Å². The molecule has 0 unspecified atom stereocenters. The molecule has 2 aromatic rings. The van der Waals surface area contributed by atoms with Gasteiger partial charge in [0.05, 0.1) is 5.75 Å². The first kappa shape index (κ1) is 32.2. The van der Waals surface area contributed by atoms with E-state index in [-0.39, 0.29) is 75.9 Å². The summed E-state index contributed by atoms with van der Waals surface area (Å²) in [6, 6.07) is 1.87. The number of hydrogen-bond donors (Lipinski definition) is 4. The summed E-state index contributed by atoms with van der Waals surface area (Å²) in [5, 5.41) is 21.1. The summed E-state index contributed by atoms with van der Waals surface area (Å²) in [7, 11) is 1.56. The molecule has 1 saturated carbocycles. The molecule has 2 atom stereocenters. The number of nitrogens with one attached hydrogen (secondary N) is 2. The Labute approximate surface area is 265 Å². The van der Waals surface area contributed by atoms with Crippen molar-refractivity contribution in [2.45, 2.75) is 55.3 Å². The maximum atomic E-state index is 13.3. The van der Waals surface area contributed by atoms with Crippen molar-refractivity contribution in [3.05, 3.63) is 47.1 Å². The van der Waals surface area contributed by atoms with Crippen molar-refractivity contribution in [1.29, 1.82) is 0 Å². The topological polar surface area (TPSA) is 189 Å². The number of carboxylic acid groups (broad SMARTS) is 1. The van der Waals surface area contributed by atoms with Crippen molar-refractivity contribution in [3.8, 4) is 0 Å². The Balaban J connectivity index is 0.00000423. The number of carboxylic acids is 1. The van der Waals surface area contributed by atoms with Crippen LogP contribution in [0.3, 0.4) is 0 Å². The third-order valence-electron chi connectivity index (χ3n) is 7.05. The quantitative estimate of drug-likeness (QED) is 0.0630. The van der Waals surface area contributed by atoms with Crippen LogP contribution >= 0.6 is 23.1 Å². The minimum absolute atomic E-state index is 0. The molecule has 230 valence electrons. The fourth-order valence-corrected chi connectivity index (χ4v) is 6.22. The first-order valence-electron chi connectivity index (χ1n) is 13.3. The zero-order valence-corrected chi connectivity index (χ0v) is 26.2. The van der Waals surface area contributed by atoms with Crippen LogP contribution in [0, 0.1) is 0 Å². The van der Waals surface area contributed by atoms with Gasteiger partial charge in [-0.05, 0) is 25.7 Å². The summed E-state index contributed by atoms with van der Waals surface area (Å²) in [5.74, 6) is -2.39. The van der Waals surface area contributed by atoms with E-state index >= 15 is 0 Å². The number of anilines is 1. The molecule has 1 aliphatic carbocycles. The van der Waals surface area contributed by atoms with E-state index in [9.17, 15) is 24.3 Å². The molecule has 3 aliphatic rings. The van der Waals surface area contributed by atoms with Crippen LogP contribution in [0.25, 0.3) is 0 Å². The number of amides is 3. The molecule has 43 heavy (non-hydrogen) atoms. The number of oxime groups is 1.